The SMILES string of the molecule is Cc1cc(-c2ccc(C)c(S(=O)(=O)N[C@H](C)c3nncn3C(C)C)c2)on1. The minimum absolute atomic E-state index is 0.127. The molecule has 1 atom stereocenters. The monoisotopic (exact) mass is 389 g/mol. The molecule has 1 aromatic carbocycles. The highest BCUT2D eigenvalue weighted by atomic mass is 32.2. The molecule has 0 aliphatic rings. The zero-order chi connectivity index (χ0) is 19.8. The van der Waals surface area contributed by atoms with Crippen molar-refractivity contribution < 1.29 is 12.9 Å². The maximum atomic E-state index is 13.0. The van der Waals surface area contributed by atoms with E-state index in [0.29, 0.717) is 22.7 Å². The van der Waals surface area contributed by atoms with Crippen LogP contribution in [0, 0.1) is 13.8 Å². The lowest BCUT2D eigenvalue weighted by atomic mass is 10.1. The minimum atomic E-state index is -3.78. The molecule has 0 aliphatic carbocycles. The minimum Gasteiger partial charge on any atom is -0.356 e. The largest absolute Gasteiger partial charge is 0.356 e. The molecule has 0 amide bonds. The molecule has 3 rings (SSSR count). The van der Waals surface area contributed by atoms with Crippen LogP contribution in [-0.4, -0.2) is 28.3 Å². The highest BCUT2D eigenvalue weighted by molar-refractivity contribution is 7.89. The fourth-order valence-corrected chi connectivity index (χ4v) is 4.32. The van der Waals surface area contributed by atoms with Gasteiger partial charge >= 0.3 is 0 Å². The van der Waals surface area contributed by atoms with Gasteiger partial charge < -0.3 is 9.09 Å². The Morgan fingerprint density at radius 3 is 2.52 bits per heavy atom. The quantitative estimate of drug-likeness (QED) is 0.694. The van der Waals surface area contributed by atoms with Crippen LogP contribution in [0.1, 0.15) is 49.9 Å². The molecule has 2 heterocycles. The molecule has 2 aromatic heterocycles. The van der Waals surface area contributed by atoms with Gasteiger partial charge in [-0.1, -0.05) is 17.3 Å². The van der Waals surface area contributed by atoms with Crippen LogP contribution in [0.15, 0.2) is 40.0 Å². The van der Waals surface area contributed by atoms with Gasteiger partial charge in [0.1, 0.15) is 6.33 Å². The fraction of sp³-hybridized carbons (Fsp3) is 0.389. The van der Waals surface area contributed by atoms with Crippen molar-refractivity contribution in [1.29, 1.82) is 0 Å². The van der Waals surface area contributed by atoms with Gasteiger partial charge in [0.05, 0.1) is 16.6 Å². The zero-order valence-corrected chi connectivity index (χ0v) is 16.8. The number of rotatable bonds is 6. The maximum absolute atomic E-state index is 13.0. The van der Waals surface area contributed by atoms with Crippen molar-refractivity contribution in [3.63, 3.8) is 0 Å². The van der Waals surface area contributed by atoms with Crippen LogP contribution in [0.2, 0.25) is 0 Å². The van der Waals surface area contributed by atoms with E-state index < -0.39 is 16.1 Å². The Hall–Kier alpha value is -2.52. The molecule has 8 nitrogen and oxygen atoms in total. The number of nitrogens with one attached hydrogen (secondary N) is 1. The number of nitrogens with zero attached hydrogens (tertiary/aromatic N) is 4. The van der Waals surface area contributed by atoms with E-state index in [-0.39, 0.29) is 10.9 Å². The predicted octanol–water partition coefficient (Wildman–Crippen LogP) is 3.17. The Labute approximate surface area is 158 Å². The second-order valence-corrected chi connectivity index (χ2v) is 8.53. The van der Waals surface area contributed by atoms with Gasteiger partial charge in [0.15, 0.2) is 11.6 Å². The van der Waals surface area contributed by atoms with E-state index >= 15 is 0 Å². The van der Waals surface area contributed by atoms with Gasteiger partial charge in [0.25, 0.3) is 0 Å². The maximum Gasteiger partial charge on any atom is 0.241 e. The van der Waals surface area contributed by atoms with Crippen LogP contribution >= 0.6 is 0 Å². The molecule has 0 unspecified atom stereocenters. The fourth-order valence-electron chi connectivity index (χ4n) is 2.85. The Bertz CT molecular complexity index is 1050. The molecule has 0 radical (unpaired) electrons. The van der Waals surface area contributed by atoms with Crippen LogP contribution in [0.25, 0.3) is 11.3 Å². The summed E-state index contributed by atoms with van der Waals surface area (Å²) in [5, 5.41) is 11.8. The summed E-state index contributed by atoms with van der Waals surface area (Å²) in [4.78, 5) is 0.191. The van der Waals surface area contributed by atoms with E-state index in [9.17, 15) is 8.42 Å². The lowest BCUT2D eigenvalue weighted by Gasteiger charge is -2.18. The summed E-state index contributed by atoms with van der Waals surface area (Å²) in [6.45, 7) is 9.29. The second kappa shape index (κ2) is 7.24. The lowest BCUT2D eigenvalue weighted by molar-refractivity contribution is 0.427. The molecule has 0 fully saturated rings. The summed E-state index contributed by atoms with van der Waals surface area (Å²) >= 11 is 0. The van der Waals surface area contributed by atoms with Gasteiger partial charge in [-0.25, -0.2) is 13.1 Å². The summed E-state index contributed by atoms with van der Waals surface area (Å²) in [7, 11) is -3.78. The lowest BCUT2D eigenvalue weighted by Crippen LogP contribution is -2.29. The van der Waals surface area contributed by atoms with Crippen LogP contribution in [-0.2, 0) is 10.0 Å². The first-order valence-electron chi connectivity index (χ1n) is 8.65. The van der Waals surface area contributed by atoms with Gasteiger partial charge in [-0.3, -0.25) is 0 Å². The van der Waals surface area contributed by atoms with E-state index in [2.05, 4.69) is 20.1 Å². The third kappa shape index (κ3) is 3.93. The number of sulfonamides is 1. The topological polar surface area (TPSA) is 103 Å². The van der Waals surface area contributed by atoms with Crippen molar-refractivity contribution in [3.05, 3.63) is 47.7 Å². The summed E-state index contributed by atoms with van der Waals surface area (Å²) in [5.74, 6) is 1.09. The summed E-state index contributed by atoms with van der Waals surface area (Å²) < 4.78 is 35.8. The summed E-state index contributed by atoms with van der Waals surface area (Å²) in [6.07, 6.45) is 1.60. The molecule has 0 saturated heterocycles. The van der Waals surface area contributed by atoms with E-state index in [1.54, 1.807) is 38.4 Å². The third-order valence-electron chi connectivity index (χ3n) is 4.27. The first kappa shape index (κ1) is 19.2. The van der Waals surface area contributed by atoms with Gasteiger partial charge in [0.2, 0.25) is 10.0 Å². The average molecular weight is 389 g/mol. The van der Waals surface area contributed by atoms with Crippen molar-refractivity contribution in [2.24, 2.45) is 0 Å². The Balaban J connectivity index is 1.93. The standard InChI is InChI=1S/C18H23N5O3S/c1-11(2)23-10-19-20-18(23)14(5)22-27(24,25)17-9-15(7-6-12(17)3)16-8-13(4)21-26-16/h6-11,14,22H,1-5H3/t14-/m1/s1. The number of aryl methyl sites for hydroxylation is 2. The average Bonchev–Trinajstić information content (AvgIpc) is 3.23. The molecular formula is C18H23N5O3S. The van der Waals surface area contributed by atoms with Crippen molar-refractivity contribution in [1.82, 2.24) is 24.6 Å². The van der Waals surface area contributed by atoms with Crippen molar-refractivity contribution in [2.75, 3.05) is 0 Å². The molecule has 0 saturated carbocycles. The van der Waals surface area contributed by atoms with Gasteiger partial charge in [0, 0.05) is 17.7 Å². The van der Waals surface area contributed by atoms with E-state index in [1.165, 1.54) is 0 Å². The van der Waals surface area contributed by atoms with E-state index in [4.69, 9.17) is 4.52 Å². The molecule has 0 bridgehead atoms. The highest BCUT2D eigenvalue weighted by Crippen LogP contribution is 2.27. The van der Waals surface area contributed by atoms with Crippen LogP contribution < -0.4 is 4.72 Å². The number of aromatic nitrogens is 4. The van der Waals surface area contributed by atoms with Crippen molar-refractivity contribution in [3.8, 4) is 11.3 Å². The Morgan fingerprint density at radius 1 is 1.15 bits per heavy atom. The van der Waals surface area contributed by atoms with Gasteiger partial charge in [-0.05, 0) is 46.2 Å². The van der Waals surface area contributed by atoms with E-state index in [1.807, 2.05) is 31.4 Å². The van der Waals surface area contributed by atoms with E-state index in [0.717, 1.165) is 5.69 Å². The molecule has 1 N–H and O–H groups in total. The Morgan fingerprint density at radius 2 is 1.89 bits per heavy atom. The molecule has 27 heavy (non-hydrogen) atoms. The second-order valence-electron chi connectivity index (χ2n) is 6.85. The summed E-state index contributed by atoms with van der Waals surface area (Å²) in [6, 6.07) is 6.52. The third-order valence-corrected chi connectivity index (χ3v) is 5.95. The highest BCUT2D eigenvalue weighted by Gasteiger charge is 2.24. The predicted molar refractivity (Wildman–Crippen MR) is 101 cm³/mol. The normalized spacial score (nSPS) is 13.3. The van der Waals surface area contributed by atoms with Crippen LogP contribution in [0.5, 0.6) is 0 Å². The molecular weight excluding hydrogens is 366 g/mol. The molecule has 3 aromatic rings. The molecule has 0 spiro atoms. The van der Waals surface area contributed by atoms with Crippen LogP contribution in [0.4, 0.5) is 0 Å². The first-order valence-corrected chi connectivity index (χ1v) is 10.1. The number of benzene rings is 1. The Kier molecular flexibility index (Phi) is 5.16. The zero-order valence-electron chi connectivity index (χ0n) is 16.0. The molecule has 144 valence electrons. The van der Waals surface area contributed by atoms with Crippen LogP contribution in [0.3, 0.4) is 0 Å². The number of hydrogen-bond donors (Lipinski definition) is 1. The van der Waals surface area contributed by atoms with Gasteiger partial charge in [-0.2, -0.15) is 0 Å². The first-order chi connectivity index (χ1) is 12.7. The summed E-state index contributed by atoms with van der Waals surface area (Å²) in [5.41, 5.74) is 2.02. The van der Waals surface area contributed by atoms with Crippen molar-refractivity contribution >= 4 is 10.0 Å². The smallest absolute Gasteiger partial charge is 0.241 e. The van der Waals surface area contributed by atoms with Crippen molar-refractivity contribution in [2.45, 2.75) is 51.6 Å². The van der Waals surface area contributed by atoms with Gasteiger partial charge in [-0.15, -0.1) is 10.2 Å². The molecule has 9 heteroatoms. The molecule has 0 aliphatic heterocycles. The number of hydrogen-bond acceptors (Lipinski definition) is 6.